The van der Waals surface area contributed by atoms with Crippen molar-refractivity contribution in [2.75, 3.05) is 11.9 Å². The normalized spacial score (nSPS) is 10.6. The van der Waals surface area contributed by atoms with E-state index in [1.807, 2.05) is 19.9 Å². The fraction of sp³-hybridized carbons (Fsp3) is 0.429. The van der Waals surface area contributed by atoms with Gasteiger partial charge in [0.25, 0.3) is 11.8 Å². The molecule has 0 atom stereocenters. The Kier molecular flexibility index (Phi) is 7.85. The first-order chi connectivity index (χ1) is 13.0. The first-order valence-electron chi connectivity index (χ1n) is 9.44. The number of amides is 2. The average Bonchev–Trinajstić information content (AvgIpc) is 2.96. The molecule has 2 rings (SSSR count). The van der Waals surface area contributed by atoms with Crippen molar-refractivity contribution in [3.8, 4) is 5.75 Å². The first-order valence-corrected chi connectivity index (χ1v) is 10.3. The van der Waals surface area contributed by atoms with Crippen LogP contribution in [-0.4, -0.2) is 18.4 Å². The number of aryl methyl sites for hydroxylation is 1. The second-order valence-electron chi connectivity index (χ2n) is 6.42. The van der Waals surface area contributed by atoms with Gasteiger partial charge in [0.2, 0.25) is 0 Å². The van der Waals surface area contributed by atoms with Crippen molar-refractivity contribution in [2.45, 2.75) is 52.9 Å². The van der Waals surface area contributed by atoms with E-state index in [1.165, 1.54) is 24.2 Å². The number of nitrogens with one attached hydrogen (secondary N) is 1. The lowest BCUT2D eigenvalue weighted by Gasteiger charge is -2.12. The Bertz CT molecular complexity index is 799. The summed E-state index contributed by atoms with van der Waals surface area (Å²) in [5, 5.41) is 3.35. The molecule has 0 unspecified atom stereocenters. The zero-order chi connectivity index (χ0) is 19.8. The topological polar surface area (TPSA) is 81.4 Å². The predicted molar refractivity (Wildman–Crippen MR) is 111 cm³/mol. The summed E-state index contributed by atoms with van der Waals surface area (Å²) in [4.78, 5) is 25.7. The van der Waals surface area contributed by atoms with Gasteiger partial charge in [-0.15, -0.1) is 11.3 Å². The van der Waals surface area contributed by atoms with Crippen LogP contribution in [0.3, 0.4) is 0 Å². The molecule has 0 fully saturated rings. The number of primary amides is 1. The quantitative estimate of drug-likeness (QED) is 0.566. The molecule has 0 aliphatic carbocycles. The number of nitrogens with two attached hydrogens (primary N) is 1. The Morgan fingerprint density at radius 1 is 1.15 bits per heavy atom. The van der Waals surface area contributed by atoms with Crippen molar-refractivity contribution in [3.63, 3.8) is 0 Å². The number of unbranched alkanes of at least 4 members (excludes halogenated alkanes) is 3. The first kappa shape index (κ1) is 21.0. The molecule has 2 aromatic rings. The molecule has 0 aliphatic rings. The zero-order valence-electron chi connectivity index (χ0n) is 16.3. The van der Waals surface area contributed by atoms with Crippen LogP contribution in [0.2, 0.25) is 0 Å². The lowest BCUT2D eigenvalue weighted by atomic mass is 10.1. The van der Waals surface area contributed by atoms with Crippen LogP contribution in [0.25, 0.3) is 0 Å². The van der Waals surface area contributed by atoms with E-state index in [0.717, 1.165) is 23.3 Å². The van der Waals surface area contributed by atoms with Crippen molar-refractivity contribution in [3.05, 3.63) is 45.8 Å². The maximum Gasteiger partial charge on any atom is 0.260 e. The van der Waals surface area contributed by atoms with Gasteiger partial charge in [0.1, 0.15) is 10.8 Å². The molecule has 3 N–H and O–H groups in total. The van der Waals surface area contributed by atoms with E-state index in [-0.39, 0.29) is 5.91 Å². The highest BCUT2D eigenvalue weighted by Gasteiger charge is 2.22. The van der Waals surface area contributed by atoms with E-state index in [2.05, 4.69) is 12.2 Å². The minimum Gasteiger partial charge on any atom is -0.493 e. The fourth-order valence-corrected chi connectivity index (χ4v) is 4.16. The lowest BCUT2D eigenvalue weighted by Crippen LogP contribution is -2.18. The van der Waals surface area contributed by atoms with Gasteiger partial charge in [0.15, 0.2) is 0 Å². The van der Waals surface area contributed by atoms with Crippen molar-refractivity contribution in [1.82, 2.24) is 0 Å². The molecule has 0 radical (unpaired) electrons. The predicted octanol–water partition coefficient (Wildman–Crippen LogP) is 4.93. The van der Waals surface area contributed by atoms with E-state index in [9.17, 15) is 9.59 Å². The van der Waals surface area contributed by atoms with Crippen LogP contribution in [-0.2, 0) is 6.42 Å². The number of rotatable bonds is 10. The highest BCUT2D eigenvalue weighted by Crippen LogP contribution is 2.34. The SMILES string of the molecule is CCCCCCOc1ccccc1C(=O)Nc1sc(C)c(CC)c1C(N)=O. The maximum absolute atomic E-state index is 12.8. The van der Waals surface area contributed by atoms with Crippen LogP contribution in [0.4, 0.5) is 5.00 Å². The largest absolute Gasteiger partial charge is 0.493 e. The molecule has 1 heterocycles. The van der Waals surface area contributed by atoms with Crippen LogP contribution in [0.15, 0.2) is 24.3 Å². The number of hydrogen-bond acceptors (Lipinski definition) is 4. The molecular formula is C21H28N2O3S. The number of anilines is 1. The van der Waals surface area contributed by atoms with Crippen molar-refractivity contribution in [1.29, 1.82) is 0 Å². The standard InChI is InChI=1S/C21H28N2O3S/c1-4-6-7-10-13-26-17-12-9-8-11-16(17)20(25)23-21-18(19(22)24)15(5-2)14(3)27-21/h8-9,11-12H,4-7,10,13H2,1-3H3,(H2,22,24)(H,23,25). The van der Waals surface area contributed by atoms with Crippen molar-refractivity contribution >= 4 is 28.2 Å². The molecule has 2 amide bonds. The Morgan fingerprint density at radius 2 is 1.89 bits per heavy atom. The molecule has 5 nitrogen and oxygen atoms in total. The molecule has 1 aromatic carbocycles. The molecule has 27 heavy (non-hydrogen) atoms. The smallest absolute Gasteiger partial charge is 0.260 e. The number of ether oxygens (including phenoxy) is 1. The van der Waals surface area contributed by atoms with E-state index < -0.39 is 5.91 Å². The Hall–Kier alpha value is -2.34. The molecule has 0 aliphatic heterocycles. The van der Waals surface area contributed by atoms with E-state index in [4.69, 9.17) is 10.5 Å². The van der Waals surface area contributed by atoms with Gasteiger partial charge in [-0.2, -0.15) is 0 Å². The maximum atomic E-state index is 12.8. The second-order valence-corrected chi connectivity index (χ2v) is 7.64. The third kappa shape index (κ3) is 5.32. The number of para-hydroxylation sites is 1. The highest BCUT2D eigenvalue weighted by molar-refractivity contribution is 7.16. The average molecular weight is 389 g/mol. The molecule has 0 bridgehead atoms. The molecule has 0 spiro atoms. The lowest BCUT2D eigenvalue weighted by molar-refractivity contribution is 0.100. The van der Waals surface area contributed by atoms with Crippen LogP contribution in [0.5, 0.6) is 5.75 Å². The molecular weight excluding hydrogens is 360 g/mol. The number of thiophene rings is 1. The monoisotopic (exact) mass is 388 g/mol. The summed E-state index contributed by atoms with van der Waals surface area (Å²) in [7, 11) is 0. The molecule has 146 valence electrons. The highest BCUT2D eigenvalue weighted by atomic mass is 32.1. The Labute approximate surface area is 164 Å². The molecule has 6 heteroatoms. The summed E-state index contributed by atoms with van der Waals surface area (Å²) >= 11 is 1.38. The summed E-state index contributed by atoms with van der Waals surface area (Å²) in [5.41, 5.74) is 7.30. The number of carbonyl (C=O) groups excluding carboxylic acids is 2. The van der Waals surface area contributed by atoms with Gasteiger partial charge in [0.05, 0.1) is 17.7 Å². The second kappa shape index (κ2) is 10.1. The molecule has 0 saturated carbocycles. The van der Waals surface area contributed by atoms with Gasteiger partial charge in [-0.25, -0.2) is 0 Å². The van der Waals surface area contributed by atoms with Gasteiger partial charge in [-0.1, -0.05) is 45.2 Å². The van der Waals surface area contributed by atoms with Gasteiger partial charge in [-0.05, 0) is 37.5 Å². The number of hydrogen-bond donors (Lipinski definition) is 2. The Balaban J connectivity index is 2.16. The zero-order valence-corrected chi connectivity index (χ0v) is 17.1. The van der Waals surface area contributed by atoms with Crippen molar-refractivity contribution < 1.29 is 14.3 Å². The van der Waals surface area contributed by atoms with Gasteiger partial charge < -0.3 is 15.8 Å². The van der Waals surface area contributed by atoms with Crippen LogP contribution < -0.4 is 15.8 Å². The number of benzene rings is 1. The van der Waals surface area contributed by atoms with Crippen LogP contribution >= 0.6 is 11.3 Å². The summed E-state index contributed by atoms with van der Waals surface area (Å²) in [6.45, 7) is 6.64. The van der Waals surface area contributed by atoms with E-state index in [0.29, 0.717) is 34.9 Å². The van der Waals surface area contributed by atoms with Gasteiger partial charge in [-0.3, -0.25) is 9.59 Å². The van der Waals surface area contributed by atoms with E-state index in [1.54, 1.807) is 18.2 Å². The summed E-state index contributed by atoms with van der Waals surface area (Å²) in [6.07, 6.45) is 5.11. The fourth-order valence-electron chi connectivity index (χ4n) is 3.01. The Morgan fingerprint density at radius 3 is 2.56 bits per heavy atom. The number of carbonyl (C=O) groups is 2. The molecule has 0 saturated heterocycles. The summed E-state index contributed by atoms with van der Waals surface area (Å²) in [5.74, 6) is -0.270. The van der Waals surface area contributed by atoms with Crippen LogP contribution in [0, 0.1) is 6.92 Å². The van der Waals surface area contributed by atoms with Crippen molar-refractivity contribution in [2.24, 2.45) is 5.73 Å². The summed E-state index contributed by atoms with van der Waals surface area (Å²) < 4.78 is 5.82. The summed E-state index contributed by atoms with van der Waals surface area (Å²) in [6, 6.07) is 7.16. The third-order valence-electron chi connectivity index (χ3n) is 4.42. The van der Waals surface area contributed by atoms with Crippen LogP contribution in [0.1, 0.15) is 70.7 Å². The minimum atomic E-state index is -0.521. The van der Waals surface area contributed by atoms with Gasteiger partial charge in [0, 0.05) is 4.88 Å². The minimum absolute atomic E-state index is 0.300. The van der Waals surface area contributed by atoms with Gasteiger partial charge >= 0.3 is 0 Å². The molecule has 1 aromatic heterocycles. The van der Waals surface area contributed by atoms with E-state index >= 15 is 0 Å². The third-order valence-corrected chi connectivity index (χ3v) is 5.49.